The van der Waals surface area contributed by atoms with Crippen molar-refractivity contribution in [3.63, 3.8) is 0 Å². The summed E-state index contributed by atoms with van der Waals surface area (Å²) in [5, 5.41) is 5.11. The van der Waals surface area contributed by atoms with Crippen LogP contribution >= 0.6 is 34.8 Å². The van der Waals surface area contributed by atoms with Gasteiger partial charge >= 0.3 is 0 Å². The van der Waals surface area contributed by atoms with Crippen molar-refractivity contribution in [2.45, 2.75) is 31.6 Å². The van der Waals surface area contributed by atoms with E-state index >= 15 is 0 Å². The molecule has 0 amide bonds. The van der Waals surface area contributed by atoms with Crippen LogP contribution in [0, 0.1) is 11.7 Å². The van der Waals surface area contributed by atoms with Gasteiger partial charge in [0.2, 0.25) is 0 Å². The molecule has 0 radical (unpaired) electrons. The highest BCUT2D eigenvalue weighted by molar-refractivity contribution is 6.41. The average molecular weight is 504 g/mol. The molecule has 170 valence electrons. The summed E-state index contributed by atoms with van der Waals surface area (Å²) in [4.78, 5) is 14.3. The highest BCUT2D eigenvalue weighted by Gasteiger charge is 2.35. The number of nitrogens with zero attached hydrogens (tertiary/aromatic N) is 3. The highest BCUT2D eigenvalue weighted by atomic mass is 35.5. The van der Waals surface area contributed by atoms with Crippen molar-refractivity contribution < 1.29 is 4.39 Å². The SMILES string of the molecule is Fc1ccc(Cl)cc1CCc1ncc2c(n1)C(C[C@H]1CCNC1)C(c1c(Cl)cccc1Cl)=N2. The van der Waals surface area contributed by atoms with Gasteiger partial charge in [-0.1, -0.05) is 40.9 Å². The number of benzene rings is 2. The van der Waals surface area contributed by atoms with E-state index in [0.717, 1.165) is 48.6 Å². The van der Waals surface area contributed by atoms with Crippen molar-refractivity contribution in [1.29, 1.82) is 0 Å². The molecule has 0 aliphatic carbocycles. The van der Waals surface area contributed by atoms with Crippen molar-refractivity contribution in [2.24, 2.45) is 10.9 Å². The summed E-state index contributed by atoms with van der Waals surface area (Å²) in [6.45, 7) is 1.99. The predicted octanol–water partition coefficient (Wildman–Crippen LogP) is 6.58. The number of hydrogen-bond donors (Lipinski definition) is 1. The van der Waals surface area contributed by atoms with E-state index in [1.807, 2.05) is 18.2 Å². The Hall–Kier alpha value is -2.05. The quantitative estimate of drug-likeness (QED) is 0.413. The van der Waals surface area contributed by atoms with Gasteiger partial charge < -0.3 is 5.32 Å². The lowest BCUT2D eigenvalue weighted by Gasteiger charge is -2.19. The lowest BCUT2D eigenvalue weighted by Crippen LogP contribution is -2.18. The monoisotopic (exact) mass is 502 g/mol. The van der Waals surface area contributed by atoms with Crippen molar-refractivity contribution in [1.82, 2.24) is 15.3 Å². The van der Waals surface area contributed by atoms with Crippen LogP contribution in [0.15, 0.2) is 47.6 Å². The van der Waals surface area contributed by atoms with Crippen LogP contribution in [0.4, 0.5) is 10.1 Å². The van der Waals surface area contributed by atoms with E-state index in [0.29, 0.717) is 45.2 Å². The molecule has 1 fully saturated rings. The van der Waals surface area contributed by atoms with Gasteiger partial charge in [0, 0.05) is 22.9 Å². The third kappa shape index (κ3) is 4.78. The fourth-order valence-corrected chi connectivity index (χ4v) is 5.44. The van der Waals surface area contributed by atoms with Crippen LogP contribution in [0.3, 0.4) is 0 Å². The first kappa shape index (κ1) is 22.7. The topological polar surface area (TPSA) is 50.2 Å². The van der Waals surface area contributed by atoms with Crippen LogP contribution < -0.4 is 5.32 Å². The zero-order chi connectivity index (χ0) is 22.9. The summed E-state index contributed by atoms with van der Waals surface area (Å²) in [7, 11) is 0. The molecule has 33 heavy (non-hydrogen) atoms. The molecule has 1 unspecified atom stereocenters. The third-order valence-corrected chi connectivity index (χ3v) is 7.19. The molecular formula is C25H22Cl3FN4. The van der Waals surface area contributed by atoms with Gasteiger partial charge in [0.25, 0.3) is 0 Å². The summed E-state index contributed by atoms with van der Waals surface area (Å²) in [6.07, 6.45) is 4.74. The van der Waals surface area contributed by atoms with Gasteiger partial charge in [-0.25, -0.2) is 19.4 Å². The van der Waals surface area contributed by atoms with E-state index in [-0.39, 0.29) is 11.7 Å². The first-order valence-corrected chi connectivity index (χ1v) is 12.2. The minimum absolute atomic E-state index is 0.0213. The van der Waals surface area contributed by atoms with Crippen LogP contribution in [0.5, 0.6) is 0 Å². The molecule has 3 heterocycles. The fraction of sp³-hybridized carbons (Fsp3) is 0.320. The van der Waals surface area contributed by atoms with Crippen molar-refractivity contribution in [2.75, 3.05) is 13.1 Å². The highest BCUT2D eigenvalue weighted by Crippen LogP contribution is 2.43. The van der Waals surface area contributed by atoms with Crippen molar-refractivity contribution >= 4 is 46.2 Å². The Kier molecular flexibility index (Phi) is 6.66. The molecule has 1 N–H and O–H groups in total. The Morgan fingerprint density at radius 2 is 1.88 bits per heavy atom. The Morgan fingerprint density at radius 3 is 2.64 bits per heavy atom. The van der Waals surface area contributed by atoms with Crippen LogP contribution in [0.25, 0.3) is 0 Å². The lowest BCUT2D eigenvalue weighted by molar-refractivity contribution is 0.513. The molecule has 2 aliphatic rings. The number of halogens is 4. The minimum atomic E-state index is -0.272. The number of fused-ring (bicyclic) bond motifs is 1. The molecule has 3 aromatic rings. The van der Waals surface area contributed by atoms with Gasteiger partial charge in [0.1, 0.15) is 17.3 Å². The maximum atomic E-state index is 14.1. The largest absolute Gasteiger partial charge is 0.316 e. The van der Waals surface area contributed by atoms with E-state index in [1.165, 1.54) is 6.07 Å². The molecule has 1 aromatic heterocycles. The summed E-state index contributed by atoms with van der Waals surface area (Å²) in [5.41, 5.74) is 3.80. The first-order chi connectivity index (χ1) is 16.0. The fourth-order valence-electron chi connectivity index (χ4n) is 4.65. The number of hydrogen-bond acceptors (Lipinski definition) is 4. The molecular weight excluding hydrogens is 482 g/mol. The Labute approximate surface area is 207 Å². The second-order valence-electron chi connectivity index (χ2n) is 8.53. The average Bonchev–Trinajstić information content (AvgIpc) is 3.43. The molecule has 2 aliphatic heterocycles. The lowest BCUT2D eigenvalue weighted by atomic mass is 9.86. The summed E-state index contributed by atoms with van der Waals surface area (Å²) in [6, 6.07) is 10.1. The Morgan fingerprint density at radius 1 is 1.06 bits per heavy atom. The zero-order valence-corrected chi connectivity index (χ0v) is 20.1. The predicted molar refractivity (Wildman–Crippen MR) is 132 cm³/mol. The normalized spacial score (nSPS) is 19.6. The molecule has 1 saturated heterocycles. The van der Waals surface area contributed by atoms with E-state index in [1.54, 1.807) is 18.3 Å². The van der Waals surface area contributed by atoms with Gasteiger partial charge in [-0.15, -0.1) is 0 Å². The van der Waals surface area contributed by atoms with Crippen LogP contribution in [-0.4, -0.2) is 28.8 Å². The van der Waals surface area contributed by atoms with Crippen molar-refractivity contribution in [3.05, 3.63) is 86.1 Å². The second kappa shape index (κ2) is 9.67. The molecule has 2 aromatic carbocycles. The van der Waals surface area contributed by atoms with Crippen LogP contribution in [0.1, 0.15) is 41.4 Å². The van der Waals surface area contributed by atoms with Gasteiger partial charge in [-0.3, -0.25) is 0 Å². The van der Waals surface area contributed by atoms with Gasteiger partial charge in [-0.05, 0) is 74.2 Å². The van der Waals surface area contributed by atoms with Crippen LogP contribution in [-0.2, 0) is 12.8 Å². The number of aromatic nitrogens is 2. The van der Waals surface area contributed by atoms with E-state index in [2.05, 4.69) is 10.3 Å². The third-order valence-electron chi connectivity index (χ3n) is 6.32. The number of rotatable bonds is 6. The maximum Gasteiger partial charge on any atom is 0.129 e. The number of nitrogens with one attached hydrogen (secondary N) is 1. The zero-order valence-electron chi connectivity index (χ0n) is 17.8. The Balaban J connectivity index is 1.46. The van der Waals surface area contributed by atoms with E-state index in [4.69, 9.17) is 44.8 Å². The molecule has 4 nitrogen and oxygen atoms in total. The molecule has 8 heteroatoms. The van der Waals surface area contributed by atoms with Crippen LogP contribution in [0.2, 0.25) is 15.1 Å². The minimum Gasteiger partial charge on any atom is -0.316 e. The van der Waals surface area contributed by atoms with E-state index < -0.39 is 0 Å². The molecule has 5 rings (SSSR count). The summed E-state index contributed by atoms with van der Waals surface area (Å²) >= 11 is 19.1. The molecule has 0 saturated carbocycles. The summed E-state index contributed by atoms with van der Waals surface area (Å²) in [5.74, 6) is 0.883. The molecule has 0 spiro atoms. The Bertz CT molecular complexity index is 1200. The van der Waals surface area contributed by atoms with Crippen molar-refractivity contribution in [3.8, 4) is 0 Å². The molecule has 2 atom stereocenters. The smallest absolute Gasteiger partial charge is 0.129 e. The second-order valence-corrected chi connectivity index (χ2v) is 9.78. The first-order valence-electron chi connectivity index (χ1n) is 11.0. The standard InChI is InChI=1S/C25H22Cl3FN4/c26-16-5-6-20(29)15(11-16)4-7-22-31-13-21-24(33-22)17(10-14-8-9-30-12-14)25(32-21)23-18(27)2-1-3-19(23)28/h1-3,5-6,11,13-14,17,30H,4,7-10,12H2/t14-,17?/m1/s1. The van der Waals surface area contributed by atoms with Gasteiger partial charge in [-0.2, -0.15) is 0 Å². The summed E-state index contributed by atoms with van der Waals surface area (Å²) < 4.78 is 14.1. The number of aliphatic imine (C=N–C) groups is 1. The molecule has 0 bridgehead atoms. The van der Waals surface area contributed by atoms with E-state index in [9.17, 15) is 4.39 Å². The number of aryl methyl sites for hydroxylation is 2. The van der Waals surface area contributed by atoms with Gasteiger partial charge in [0.05, 0.1) is 27.6 Å². The van der Waals surface area contributed by atoms with Gasteiger partial charge in [0.15, 0.2) is 0 Å². The maximum absolute atomic E-state index is 14.1.